The summed E-state index contributed by atoms with van der Waals surface area (Å²) in [6.45, 7) is 7.06. The number of halogens is 3. The van der Waals surface area contributed by atoms with E-state index in [9.17, 15) is 5.11 Å². The number of aliphatic hydroxyl groups is 1. The number of hydrogen-bond donors (Lipinski definition) is 1. The Labute approximate surface area is 194 Å². The largest absolute Gasteiger partial charge is 0.491 e. The van der Waals surface area contributed by atoms with Gasteiger partial charge in [0.15, 0.2) is 5.75 Å². The molecule has 0 fully saturated rings. The lowest BCUT2D eigenvalue weighted by molar-refractivity contribution is 0.0325. The third-order valence-electron chi connectivity index (χ3n) is 4.87. The van der Waals surface area contributed by atoms with Crippen molar-refractivity contribution in [2.45, 2.75) is 32.3 Å². The fourth-order valence-electron chi connectivity index (χ4n) is 2.90. The first-order valence-electron chi connectivity index (χ1n) is 9.77. The van der Waals surface area contributed by atoms with Crippen LogP contribution in [0.1, 0.15) is 31.9 Å². The number of rotatable bonds is 11. The summed E-state index contributed by atoms with van der Waals surface area (Å²) in [7, 11) is 1.54. The van der Waals surface area contributed by atoms with Crippen LogP contribution in [0.2, 0.25) is 10.0 Å². The van der Waals surface area contributed by atoms with Gasteiger partial charge in [-0.3, -0.25) is 0 Å². The van der Waals surface area contributed by atoms with Crippen LogP contribution in [0.5, 0.6) is 11.5 Å². The summed E-state index contributed by atoms with van der Waals surface area (Å²) in [5.41, 5.74) is 1.70. The minimum Gasteiger partial charge on any atom is -0.491 e. The number of alkyl halides is 1. The Hall–Kier alpha value is -1.17. The van der Waals surface area contributed by atoms with Crippen LogP contribution < -0.4 is 9.47 Å². The quantitative estimate of drug-likeness (QED) is 0.407. The summed E-state index contributed by atoms with van der Waals surface area (Å²) in [5.74, 6) is 1.86. The van der Waals surface area contributed by atoms with E-state index >= 15 is 0 Å². The fourth-order valence-corrected chi connectivity index (χ4v) is 3.58. The third-order valence-corrected chi connectivity index (χ3v) is 5.96. The van der Waals surface area contributed by atoms with Crippen molar-refractivity contribution in [3.8, 4) is 11.5 Å². The standard InChI is InChI=1S/C23H29Cl3O4/c1-15(11-24)12-30-22-20(25)9-17(10-21(22)26)23(2,3)16-5-7-19(8-6-16)29-14-18(27)13-28-4/h5-10,15,18,27H,11-14H2,1-4H3. The molecule has 0 aliphatic carbocycles. The zero-order valence-electron chi connectivity index (χ0n) is 17.8. The molecule has 0 spiro atoms. The maximum absolute atomic E-state index is 9.71. The molecule has 0 saturated heterocycles. The van der Waals surface area contributed by atoms with Crippen LogP contribution in [0.4, 0.5) is 0 Å². The third kappa shape index (κ3) is 6.66. The molecule has 0 aliphatic heterocycles. The van der Waals surface area contributed by atoms with E-state index in [1.807, 2.05) is 43.3 Å². The summed E-state index contributed by atoms with van der Waals surface area (Å²) in [6, 6.07) is 11.5. The molecule has 30 heavy (non-hydrogen) atoms. The molecule has 0 radical (unpaired) electrons. The first kappa shape index (κ1) is 25.1. The molecule has 2 unspecified atom stereocenters. The molecule has 2 rings (SSSR count). The van der Waals surface area contributed by atoms with E-state index in [1.165, 1.54) is 7.11 Å². The minimum atomic E-state index is -0.663. The predicted molar refractivity (Wildman–Crippen MR) is 124 cm³/mol. The highest BCUT2D eigenvalue weighted by atomic mass is 35.5. The van der Waals surface area contributed by atoms with Crippen molar-refractivity contribution in [1.29, 1.82) is 0 Å². The first-order valence-corrected chi connectivity index (χ1v) is 11.1. The van der Waals surface area contributed by atoms with Crippen molar-refractivity contribution in [3.05, 3.63) is 57.6 Å². The molecule has 0 aliphatic rings. The molecule has 0 bridgehead atoms. The van der Waals surface area contributed by atoms with E-state index in [1.54, 1.807) is 0 Å². The predicted octanol–water partition coefficient (Wildman–Crippen LogP) is 5.96. The summed E-state index contributed by atoms with van der Waals surface area (Å²) >= 11 is 18.8. The topological polar surface area (TPSA) is 47.9 Å². The van der Waals surface area contributed by atoms with Crippen LogP contribution in [0.25, 0.3) is 0 Å². The Kier molecular flexibility index (Phi) is 9.58. The van der Waals surface area contributed by atoms with Gasteiger partial charge in [-0.15, -0.1) is 11.6 Å². The van der Waals surface area contributed by atoms with Crippen LogP contribution in [0.3, 0.4) is 0 Å². The van der Waals surface area contributed by atoms with E-state index in [-0.39, 0.29) is 24.5 Å². The highest BCUT2D eigenvalue weighted by Gasteiger charge is 2.26. The van der Waals surface area contributed by atoms with Gasteiger partial charge in [0.2, 0.25) is 0 Å². The number of aliphatic hydroxyl groups excluding tert-OH is 1. The normalized spacial score (nSPS) is 13.7. The molecule has 1 N–H and O–H groups in total. The van der Waals surface area contributed by atoms with Gasteiger partial charge in [0.05, 0.1) is 23.3 Å². The average molecular weight is 476 g/mol. The van der Waals surface area contributed by atoms with Gasteiger partial charge in [0.25, 0.3) is 0 Å². The van der Waals surface area contributed by atoms with Crippen molar-refractivity contribution >= 4 is 34.8 Å². The van der Waals surface area contributed by atoms with E-state index in [4.69, 9.17) is 49.0 Å². The van der Waals surface area contributed by atoms with Crippen molar-refractivity contribution < 1.29 is 19.3 Å². The molecule has 2 aromatic carbocycles. The van der Waals surface area contributed by atoms with Crippen LogP contribution in [-0.2, 0) is 10.2 Å². The Morgan fingerprint density at radius 1 is 0.933 bits per heavy atom. The molecule has 0 saturated carbocycles. The van der Waals surface area contributed by atoms with Crippen LogP contribution in [0.15, 0.2) is 36.4 Å². The Morgan fingerprint density at radius 3 is 2.07 bits per heavy atom. The van der Waals surface area contributed by atoms with Crippen LogP contribution >= 0.6 is 34.8 Å². The van der Waals surface area contributed by atoms with Gasteiger partial charge in [-0.25, -0.2) is 0 Å². The van der Waals surface area contributed by atoms with Gasteiger partial charge >= 0.3 is 0 Å². The summed E-state index contributed by atoms with van der Waals surface area (Å²) in [6.07, 6.45) is -0.663. The molecule has 0 amide bonds. The zero-order chi connectivity index (χ0) is 22.3. The molecule has 4 nitrogen and oxygen atoms in total. The molecular weight excluding hydrogens is 447 g/mol. The average Bonchev–Trinajstić information content (AvgIpc) is 2.71. The molecule has 0 aromatic heterocycles. The van der Waals surface area contributed by atoms with E-state index in [0.29, 0.717) is 34.0 Å². The monoisotopic (exact) mass is 474 g/mol. The van der Waals surface area contributed by atoms with Crippen molar-refractivity contribution in [2.75, 3.05) is 32.8 Å². The Bertz CT molecular complexity index is 786. The van der Waals surface area contributed by atoms with Crippen LogP contribution in [-0.4, -0.2) is 44.0 Å². The van der Waals surface area contributed by atoms with E-state index in [0.717, 1.165) is 11.1 Å². The van der Waals surface area contributed by atoms with Gasteiger partial charge in [-0.1, -0.05) is 56.1 Å². The smallest absolute Gasteiger partial charge is 0.156 e. The maximum Gasteiger partial charge on any atom is 0.156 e. The summed E-state index contributed by atoms with van der Waals surface area (Å²) in [5, 5.41) is 10.7. The molecule has 166 valence electrons. The second-order valence-corrected chi connectivity index (χ2v) is 9.03. The number of hydrogen-bond acceptors (Lipinski definition) is 4. The highest BCUT2D eigenvalue weighted by molar-refractivity contribution is 6.37. The molecule has 2 atom stereocenters. The lowest BCUT2D eigenvalue weighted by Gasteiger charge is -2.27. The summed E-state index contributed by atoms with van der Waals surface area (Å²) in [4.78, 5) is 0. The lowest BCUT2D eigenvalue weighted by atomic mass is 9.78. The second-order valence-electron chi connectivity index (χ2n) is 7.91. The maximum atomic E-state index is 9.71. The number of ether oxygens (including phenoxy) is 3. The van der Waals surface area contributed by atoms with Gasteiger partial charge < -0.3 is 19.3 Å². The van der Waals surface area contributed by atoms with Crippen molar-refractivity contribution in [1.82, 2.24) is 0 Å². The number of benzene rings is 2. The fraction of sp³-hybridized carbons (Fsp3) is 0.478. The van der Waals surface area contributed by atoms with Gasteiger partial charge in [0.1, 0.15) is 18.5 Å². The lowest BCUT2D eigenvalue weighted by Crippen LogP contribution is -2.22. The SMILES string of the molecule is COCC(O)COc1ccc(C(C)(C)c2cc(Cl)c(OCC(C)CCl)c(Cl)c2)cc1. The Balaban J connectivity index is 2.16. The first-order chi connectivity index (χ1) is 14.2. The van der Waals surface area contributed by atoms with Gasteiger partial charge in [-0.2, -0.15) is 0 Å². The van der Waals surface area contributed by atoms with Crippen LogP contribution in [0, 0.1) is 5.92 Å². The molecular formula is C23H29Cl3O4. The number of methoxy groups -OCH3 is 1. The molecule has 0 heterocycles. The minimum absolute atomic E-state index is 0.172. The molecule has 7 heteroatoms. The van der Waals surface area contributed by atoms with Gasteiger partial charge in [0, 0.05) is 24.3 Å². The van der Waals surface area contributed by atoms with E-state index < -0.39 is 6.10 Å². The van der Waals surface area contributed by atoms with Crippen molar-refractivity contribution in [3.63, 3.8) is 0 Å². The van der Waals surface area contributed by atoms with Crippen molar-refractivity contribution in [2.24, 2.45) is 5.92 Å². The molecule has 2 aromatic rings. The highest BCUT2D eigenvalue weighted by Crippen LogP contribution is 2.40. The van der Waals surface area contributed by atoms with Gasteiger partial charge in [-0.05, 0) is 35.4 Å². The van der Waals surface area contributed by atoms with E-state index in [2.05, 4.69) is 13.8 Å². The Morgan fingerprint density at radius 2 is 1.53 bits per heavy atom. The zero-order valence-corrected chi connectivity index (χ0v) is 20.0. The second kappa shape index (κ2) is 11.4. The summed E-state index contributed by atoms with van der Waals surface area (Å²) < 4.78 is 16.3.